The number of hydrogen-bond donors (Lipinski definition) is 0. The van der Waals surface area contributed by atoms with Gasteiger partial charge in [-0.2, -0.15) is 5.10 Å². The van der Waals surface area contributed by atoms with Crippen molar-refractivity contribution in [2.24, 2.45) is 26.1 Å². The molecule has 1 aliphatic carbocycles. The Morgan fingerprint density at radius 2 is 1.94 bits per heavy atom. The number of carbonyl (C=O) groups is 2. The van der Waals surface area contributed by atoms with E-state index in [9.17, 15) is 18.4 Å². The third-order valence-corrected chi connectivity index (χ3v) is 5.11. The van der Waals surface area contributed by atoms with Crippen molar-refractivity contribution in [3.8, 4) is 5.75 Å². The number of aliphatic imine (C=N–C) groups is 2. The Morgan fingerprint density at radius 1 is 1.10 bits per heavy atom. The topological polar surface area (TPSA) is 96.1 Å². The van der Waals surface area contributed by atoms with E-state index in [2.05, 4.69) is 20.2 Å². The van der Waals surface area contributed by atoms with Gasteiger partial charge in [-0.05, 0) is 23.8 Å². The number of ether oxygens (including phenoxy) is 1. The fourth-order valence-corrected chi connectivity index (χ4v) is 3.67. The van der Waals surface area contributed by atoms with Gasteiger partial charge in [-0.1, -0.05) is 6.08 Å². The molecule has 1 aromatic carbocycles. The Bertz CT molecular complexity index is 1260. The lowest BCUT2D eigenvalue weighted by molar-refractivity contribution is -0.121. The second-order valence-corrected chi connectivity index (χ2v) is 7.07. The number of fused-ring (bicyclic) bond motifs is 2. The van der Waals surface area contributed by atoms with Gasteiger partial charge in [0.1, 0.15) is 17.2 Å². The Kier molecular flexibility index (Phi) is 4.28. The summed E-state index contributed by atoms with van der Waals surface area (Å²) >= 11 is 0. The lowest BCUT2D eigenvalue weighted by atomic mass is 9.81. The number of halogens is 2. The summed E-state index contributed by atoms with van der Waals surface area (Å²) in [6.45, 7) is 0. The molecule has 0 spiro atoms. The Balaban J connectivity index is 1.63. The van der Waals surface area contributed by atoms with E-state index in [1.54, 1.807) is 25.4 Å². The quantitative estimate of drug-likeness (QED) is 0.747. The van der Waals surface area contributed by atoms with E-state index < -0.39 is 29.6 Å². The van der Waals surface area contributed by atoms with Crippen LogP contribution in [0.3, 0.4) is 0 Å². The van der Waals surface area contributed by atoms with Crippen LogP contribution in [-0.4, -0.2) is 53.7 Å². The maximum Gasteiger partial charge on any atom is 0.288 e. The van der Waals surface area contributed by atoms with Crippen LogP contribution < -0.4 is 4.74 Å². The Morgan fingerprint density at radius 3 is 2.74 bits per heavy atom. The molecule has 0 aromatic heterocycles. The molecule has 2 amide bonds. The molecule has 2 atom stereocenters. The zero-order valence-electron chi connectivity index (χ0n) is 16.0. The highest BCUT2D eigenvalue weighted by Crippen LogP contribution is 2.36. The fourth-order valence-electron chi connectivity index (χ4n) is 3.67. The van der Waals surface area contributed by atoms with Crippen molar-refractivity contribution in [1.29, 1.82) is 0 Å². The van der Waals surface area contributed by atoms with Crippen molar-refractivity contribution in [1.82, 2.24) is 4.90 Å². The second kappa shape index (κ2) is 7.01. The van der Waals surface area contributed by atoms with E-state index in [-0.39, 0.29) is 23.1 Å². The smallest absolute Gasteiger partial charge is 0.288 e. The molecule has 154 valence electrons. The highest BCUT2D eigenvalue weighted by atomic mass is 19.1. The minimum Gasteiger partial charge on any atom is -0.476 e. The minimum absolute atomic E-state index is 0.183. The van der Waals surface area contributed by atoms with Crippen LogP contribution in [0, 0.1) is 17.6 Å². The highest BCUT2D eigenvalue weighted by molar-refractivity contribution is 6.44. The number of allylic oxidation sites excluding steroid dienone is 2. The van der Waals surface area contributed by atoms with Crippen LogP contribution in [0.25, 0.3) is 0 Å². The van der Waals surface area contributed by atoms with Crippen LogP contribution in [0.15, 0.2) is 73.6 Å². The maximum atomic E-state index is 14.4. The largest absolute Gasteiger partial charge is 0.476 e. The lowest BCUT2D eigenvalue weighted by Gasteiger charge is -2.33. The second-order valence-electron chi connectivity index (χ2n) is 7.07. The number of carbonyl (C=O) groups excluding carboxylic acids is 2. The van der Waals surface area contributed by atoms with Crippen LogP contribution in [0.4, 0.5) is 8.78 Å². The number of amides is 2. The summed E-state index contributed by atoms with van der Waals surface area (Å²) in [6, 6.07) is 2.92. The summed E-state index contributed by atoms with van der Waals surface area (Å²) < 4.78 is 33.6. The van der Waals surface area contributed by atoms with E-state index in [0.29, 0.717) is 22.9 Å². The normalized spacial score (nSPS) is 24.1. The van der Waals surface area contributed by atoms with Crippen molar-refractivity contribution in [3.63, 3.8) is 0 Å². The Labute approximate surface area is 174 Å². The van der Waals surface area contributed by atoms with Gasteiger partial charge in [0.15, 0.2) is 17.7 Å². The summed E-state index contributed by atoms with van der Waals surface area (Å²) in [5.41, 5.74) is 1.94. The molecule has 1 aromatic rings. The third-order valence-electron chi connectivity index (χ3n) is 5.11. The van der Waals surface area contributed by atoms with E-state index in [4.69, 9.17) is 4.74 Å². The van der Waals surface area contributed by atoms with Gasteiger partial charge < -0.3 is 9.64 Å². The molecule has 10 heteroatoms. The number of nitrogens with zero attached hydrogens (tertiary/aromatic N) is 5. The molecule has 0 N–H and O–H groups in total. The molecule has 0 saturated heterocycles. The molecule has 0 bridgehead atoms. The lowest BCUT2D eigenvalue weighted by Crippen LogP contribution is -2.43. The molecule has 0 radical (unpaired) electrons. The monoisotopic (exact) mass is 421 g/mol. The van der Waals surface area contributed by atoms with Crippen LogP contribution in [0.2, 0.25) is 0 Å². The molecule has 31 heavy (non-hydrogen) atoms. The van der Waals surface area contributed by atoms with E-state index >= 15 is 0 Å². The highest BCUT2D eigenvalue weighted by Gasteiger charge is 2.41. The van der Waals surface area contributed by atoms with E-state index in [0.717, 1.165) is 18.3 Å². The van der Waals surface area contributed by atoms with Gasteiger partial charge in [-0.3, -0.25) is 9.59 Å². The van der Waals surface area contributed by atoms with Gasteiger partial charge in [-0.25, -0.2) is 18.8 Å². The molecular weight excluding hydrogens is 408 g/mol. The summed E-state index contributed by atoms with van der Waals surface area (Å²) in [5, 5.41) is 7.79. The molecule has 4 aliphatic rings. The average molecular weight is 421 g/mol. The van der Waals surface area contributed by atoms with E-state index in [1.807, 2.05) is 0 Å². The van der Waals surface area contributed by atoms with Crippen LogP contribution in [0.1, 0.15) is 0 Å². The van der Waals surface area contributed by atoms with Crippen LogP contribution in [-0.2, 0) is 9.59 Å². The zero-order valence-corrected chi connectivity index (χ0v) is 16.0. The van der Waals surface area contributed by atoms with Gasteiger partial charge >= 0.3 is 0 Å². The Hall–Kier alpha value is -4.08. The van der Waals surface area contributed by atoms with Crippen molar-refractivity contribution in [2.75, 3.05) is 7.05 Å². The summed E-state index contributed by atoms with van der Waals surface area (Å²) in [5.74, 6) is -3.29. The van der Waals surface area contributed by atoms with Gasteiger partial charge in [0.25, 0.3) is 11.8 Å². The first-order valence-electron chi connectivity index (χ1n) is 9.23. The first kappa shape index (κ1) is 18.9. The van der Waals surface area contributed by atoms with Crippen molar-refractivity contribution < 1.29 is 23.1 Å². The predicted molar refractivity (Wildman–Crippen MR) is 108 cm³/mol. The molecule has 8 nitrogen and oxygen atoms in total. The summed E-state index contributed by atoms with van der Waals surface area (Å²) in [7, 11) is 1.57. The standard InChI is InChI=1S/C21H13F2N5O3/c1-28-9-13(12-7-25-27-18(12)21(28)30)11-3-4-15-19(26-17(29)8-24-15)20(11)31-16-5-2-10(22)6-14(16)23/h2-9,12,20H,1H3. The average Bonchev–Trinajstić information content (AvgIpc) is 3.23. The predicted octanol–water partition coefficient (Wildman–Crippen LogP) is 2.00. The van der Waals surface area contributed by atoms with Gasteiger partial charge in [0, 0.05) is 31.1 Å². The SMILES string of the molecule is CN1C=C(C2=CC=C3N=CC(=O)N=C3C2Oc2ccc(F)cc2F)C2C=NN=C2C1=O. The summed E-state index contributed by atoms with van der Waals surface area (Å²) in [4.78, 5) is 33.8. The molecular formula is C21H13F2N5O3. The fraction of sp³-hybridized carbons (Fsp3) is 0.143. The van der Waals surface area contributed by atoms with E-state index in [1.165, 1.54) is 11.1 Å². The third kappa shape index (κ3) is 3.12. The molecule has 3 aliphatic heterocycles. The molecule has 0 fully saturated rings. The van der Waals surface area contributed by atoms with Crippen molar-refractivity contribution >= 4 is 35.7 Å². The number of benzene rings is 1. The number of rotatable bonds is 3. The van der Waals surface area contributed by atoms with Crippen molar-refractivity contribution in [3.05, 3.63) is 65.0 Å². The van der Waals surface area contributed by atoms with Crippen molar-refractivity contribution in [2.45, 2.75) is 6.10 Å². The van der Waals surface area contributed by atoms with Gasteiger partial charge in [-0.15, -0.1) is 5.10 Å². The van der Waals surface area contributed by atoms with Crippen LogP contribution in [0.5, 0.6) is 5.75 Å². The zero-order chi connectivity index (χ0) is 21.7. The molecule has 0 saturated carbocycles. The first-order chi connectivity index (χ1) is 14.9. The van der Waals surface area contributed by atoms with Gasteiger partial charge in [0.05, 0.1) is 17.8 Å². The van der Waals surface area contributed by atoms with Crippen LogP contribution >= 0.6 is 0 Å². The minimum atomic E-state index is -1.04. The first-order valence-corrected chi connectivity index (χ1v) is 9.23. The summed E-state index contributed by atoms with van der Waals surface area (Å²) in [6.07, 6.45) is 6.52. The molecule has 2 unspecified atom stereocenters. The number of hydrogen-bond acceptors (Lipinski definition) is 6. The van der Waals surface area contributed by atoms with Gasteiger partial charge in [0.2, 0.25) is 0 Å². The molecule has 5 rings (SSSR count). The maximum absolute atomic E-state index is 14.4. The molecule has 3 heterocycles.